The van der Waals surface area contributed by atoms with Crippen LogP contribution in [0.15, 0.2) is 10.9 Å². The van der Waals surface area contributed by atoms with Crippen LogP contribution in [-0.4, -0.2) is 34.7 Å². The van der Waals surface area contributed by atoms with Crippen LogP contribution in [0.25, 0.3) is 0 Å². The van der Waals surface area contributed by atoms with E-state index in [-0.39, 0.29) is 0 Å². The first-order valence-corrected chi connectivity index (χ1v) is 7.22. The van der Waals surface area contributed by atoms with Crippen LogP contribution in [0.3, 0.4) is 0 Å². The highest BCUT2D eigenvalue weighted by atomic mass is 32.1. The smallest absolute Gasteiger partial charge is 0.326 e. The van der Waals surface area contributed by atoms with Gasteiger partial charge in [0.25, 0.3) is 0 Å². The van der Waals surface area contributed by atoms with Crippen LogP contribution in [-0.2, 0) is 11.2 Å². The lowest BCUT2D eigenvalue weighted by atomic mass is 10.1. The number of rotatable bonds is 8. The third kappa shape index (κ3) is 6.19. The number of nitrogens with one attached hydrogen (secondary N) is 2. The van der Waals surface area contributed by atoms with E-state index in [1.807, 2.05) is 12.3 Å². The fraction of sp³-hybridized carbons (Fsp3) is 0.583. The molecule has 7 heteroatoms. The molecule has 1 heterocycles. The van der Waals surface area contributed by atoms with Crippen molar-refractivity contribution in [3.05, 3.63) is 16.6 Å². The van der Waals surface area contributed by atoms with Gasteiger partial charge in [-0.15, -0.1) is 11.3 Å². The summed E-state index contributed by atoms with van der Waals surface area (Å²) >= 11 is 1.50. The summed E-state index contributed by atoms with van der Waals surface area (Å²) in [6.07, 6.45) is 2.77. The highest BCUT2D eigenvalue weighted by Crippen LogP contribution is 2.02. The molecule has 0 saturated carbocycles. The molecule has 0 fully saturated rings. The Balaban J connectivity index is 2.25. The molecule has 1 unspecified atom stereocenters. The van der Waals surface area contributed by atoms with E-state index in [4.69, 9.17) is 5.11 Å². The number of aliphatic carboxylic acids is 1. The SMILES string of the molecule is CCCCC(NC(=O)NCCc1cscn1)C(=O)O. The Labute approximate surface area is 116 Å². The highest BCUT2D eigenvalue weighted by molar-refractivity contribution is 7.07. The van der Waals surface area contributed by atoms with Gasteiger partial charge in [0.1, 0.15) is 6.04 Å². The maximum atomic E-state index is 11.5. The molecule has 0 saturated heterocycles. The van der Waals surface area contributed by atoms with E-state index < -0.39 is 18.0 Å². The lowest BCUT2D eigenvalue weighted by molar-refractivity contribution is -0.139. The number of unbranched alkanes of at least 4 members (excludes halogenated alkanes) is 1. The second-order valence-corrected chi connectivity index (χ2v) is 4.88. The van der Waals surface area contributed by atoms with Gasteiger partial charge in [0.15, 0.2) is 0 Å². The Hall–Kier alpha value is -1.63. The summed E-state index contributed by atoms with van der Waals surface area (Å²) in [5.41, 5.74) is 2.66. The molecular formula is C12H19N3O3S. The molecule has 0 spiro atoms. The summed E-state index contributed by atoms with van der Waals surface area (Å²) in [6, 6.07) is -1.27. The van der Waals surface area contributed by atoms with E-state index >= 15 is 0 Å². The average molecular weight is 285 g/mol. The summed E-state index contributed by atoms with van der Waals surface area (Å²) in [7, 11) is 0. The van der Waals surface area contributed by atoms with Crippen LogP contribution in [0.1, 0.15) is 31.9 Å². The lowest BCUT2D eigenvalue weighted by Gasteiger charge is -2.14. The van der Waals surface area contributed by atoms with Crippen LogP contribution in [0, 0.1) is 0 Å². The molecule has 0 aliphatic heterocycles. The maximum Gasteiger partial charge on any atom is 0.326 e. The minimum atomic E-state index is -0.997. The standard InChI is InChI=1S/C12H19N3O3S/c1-2-3-4-10(11(16)17)15-12(18)13-6-5-9-7-19-8-14-9/h7-8,10H,2-6H2,1H3,(H,16,17)(H2,13,15,18). The fourth-order valence-corrected chi connectivity index (χ4v) is 2.13. The molecule has 0 aromatic carbocycles. The van der Waals surface area contributed by atoms with Gasteiger partial charge in [0, 0.05) is 18.3 Å². The molecule has 1 rings (SSSR count). The number of amides is 2. The number of hydrogen-bond donors (Lipinski definition) is 3. The summed E-state index contributed by atoms with van der Waals surface area (Å²) in [5.74, 6) is -0.997. The van der Waals surface area contributed by atoms with E-state index in [1.165, 1.54) is 11.3 Å². The number of carbonyl (C=O) groups is 2. The molecule has 0 aliphatic carbocycles. The van der Waals surface area contributed by atoms with E-state index in [0.29, 0.717) is 19.4 Å². The third-order valence-corrected chi connectivity index (χ3v) is 3.24. The number of urea groups is 1. The predicted molar refractivity (Wildman–Crippen MR) is 73.3 cm³/mol. The third-order valence-electron chi connectivity index (χ3n) is 2.60. The van der Waals surface area contributed by atoms with Crippen molar-refractivity contribution in [3.8, 4) is 0 Å². The Morgan fingerprint density at radius 3 is 2.89 bits per heavy atom. The highest BCUT2D eigenvalue weighted by Gasteiger charge is 2.18. The zero-order valence-corrected chi connectivity index (χ0v) is 11.7. The Bertz CT molecular complexity index is 395. The summed E-state index contributed by atoms with van der Waals surface area (Å²) < 4.78 is 0. The predicted octanol–water partition coefficient (Wildman–Crippen LogP) is 1.63. The normalized spacial score (nSPS) is 11.8. The first-order chi connectivity index (χ1) is 9.13. The molecule has 1 aromatic heterocycles. The molecule has 2 amide bonds. The quantitative estimate of drug-likeness (QED) is 0.677. The van der Waals surface area contributed by atoms with Gasteiger partial charge >= 0.3 is 12.0 Å². The molecule has 0 aliphatic rings. The number of hydrogen-bond acceptors (Lipinski definition) is 4. The van der Waals surface area contributed by atoms with Crippen molar-refractivity contribution in [3.63, 3.8) is 0 Å². The summed E-state index contributed by atoms with van der Waals surface area (Å²) in [4.78, 5) is 26.6. The van der Waals surface area contributed by atoms with Crippen LogP contribution in [0.2, 0.25) is 0 Å². The van der Waals surface area contributed by atoms with Crippen LogP contribution >= 0.6 is 11.3 Å². The molecule has 3 N–H and O–H groups in total. The van der Waals surface area contributed by atoms with E-state index in [2.05, 4.69) is 15.6 Å². The average Bonchev–Trinajstić information content (AvgIpc) is 2.87. The van der Waals surface area contributed by atoms with Crippen molar-refractivity contribution in [2.45, 2.75) is 38.6 Å². The Morgan fingerprint density at radius 2 is 2.32 bits per heavy atom. The van der Waals surface area contributed by atoms with Gasteiger partial charge in [-0.2, -0.15) is 0 Å². The van der Waals surface area contributed by atoms with E-state index in [1.54, 1.807) is 5.51 Å². The molecule has 106 valence electrons. The van der Waals surface area contributed by atoms with Crippen LogP contribution in [0.5, 0.6) is 0 Å². The van der Waals surface area contributed by atoms with Crippen molar-refractivity contribution in [2.24, 2.45) is 0 Å². The van der Waals surface area contributed by atoms with Crippen molar-refractivity contribution >= 4 is 23.3 Å². The van der Waals surface area contributed by atoms with Gasteiger partial charge < -0.3 is 15.7 Å². The van der Waals surface area contributed by atoms with Gasteiger partial charge in [-0.1, -0.05) is 19.8 Å². The second-order valence-electron chi connectivity index (χ2n) is 4.16. The zero-order chi connectivity index (χ0) is 14.1. The summed E-state index contributed by atoms with van der Waals surface area (Å²) in [6.45, 7) is 2.42. The lowest BCUT2D eigenvalue weighted by Crippen LogP contribution is -2.46. The first-order valence-electron chi connectivity index (χ1n) is 6.27. The first kappa shape index (κ1) is 15.4. The van der Waals surface area contributed by atoms with Crippen molar-refractivity contribution in [1.29, 1.82) is 0 Å². The van der Waals surface area contributed by atoms with Crippen molar-refractivity contribution in [1.82, 2.24) is 15.6 Å². The van der Waals surface area contributed by atoms with Gasteiger partial charge in [0.05, 0.1) is 11.2 Å². The molecule has 0 bridgehead atoms. The van der Waals surface area contributed by atoms with E-state index in [9.17, 15) is 9.59 Å². The number of aromatic nitrogens is 1. The second kappa shape index (κ2) is 8.47. The molecule has 19 heavy (non-hydrogen) atoms. The van der Waals surface area contributed by atoms with Crippen molar-refractivity contribution in [2.75, 3.05) is 6.54 Å². The minimum Gasteiger partial charge on any atom is -0.480 e. The molecule has 1 aromatic rings. The van der Waals surface area contributed by atoms with Gasteiger partial charge in [0.2, 0.25) is 0 Å². The Morgan fingerprint density at radius 1 is 1.53 bits per heavy atom. The van der Waals surface area contributed by atoms with Crippen LogP contribution in [0.4, 0.5) is 4.79 Å². The number of nitrogens with zero attached hydrogens (tertiary/aromatic N) is 1. The number of carboxylic acids is 1. The zero-order valence-electron chi connectivity index (χ0n) is 10.9. The molecule has 0 radical (unpaired) electrons. The number of thiazole rings is 1. The molecule has 6 nitrogen and oxygen atoms in total. The van der Waals surface area contributed by atoms with Gasteiger partial charge in [-0.25, -0.2) is 14.6 Å². The number of carboxylic acid groups (broad SMARTS) is 1. The van der Waals surface area contributed by atoms with Gasteiger partial charge in [-0.05, 0) is 6.42 Å². The van der Waals surface area contributed by atoms with Crippen LogP contribution < -0.4 is 10.6 Å². The topological polar surface area (TPSA) is 91.3 Å². The monoisotopic (exact) mass is 285 g/mol. The van der Waals surface area contributed by atoms with Gasteiger partial charge in [-0.3, -0.25) is 0 Å². The summed E-state index contributed by atoms with van der Waals surface area (Å²) in [5, 5.41) is 16.0. The van der Waals surface area contributed by atoms with E-state index in [0.717, 1.165) is 18.5 Å². The largest absolute Gasteiger partial charge is 0.480 e. The number of carbonyl (C=O) groups excluding carboxylic acids is 1. The minimum absolute atomic E-state index is 0.440. The Kier molecular flexibility index (Phi) is 6.88. The molecule has 1 atom stereocenters. The van der Waals surface area contributed by atoms with Crippen molar-refractivity contribution < 1.29 is 14.7 Å². The maximum absolute atomic E-state index is 11.5. The molecular weight excluding hydrogens is 266 g/mol. The fourth-order valence-electron chi connectivity index (χ4n) is 1.54.